The second-order valence-electron chi connectivity index (χ2n) is 7.42. The Hall–Kier alpha value is -2.12. The summed E-state index contributed by atoms with van der Waals surface area (Å²) in [6.45, 7) is 12.7. The van der Waals surface area contributed by atoms with Crippen molar-refractivity contribution in [1.82, 2.24) is 4.98 Å². The van der Waals surface area contributed by atoms with Gasteiger partial charge in [-0.25, -0.2) is 0 Å². The van der Waals surface area contributed by atoms with Crippen LogP contribution in [0.2, 0.25) is 0 Å². The van der Waals surface area contributed by atoms with Crippen molar-refractivity contribution in [2.75, 3.05) is 0 Å². The van der Waals surface area contributed by atoms with E-state index in [2.05, 4.69) is 82.3 Å². The molecule has 0 radical (unpaired) electrons. The van der Waals surface area contributed by atoms with Crippen molar-refractivity contribution in [2.24, 2.45) is 10.8 Å². The Labute approximate surface area is 128 Å². The van der Waals surface area contributed by atoms with Crippen molar-refractivity contribution in [1.29, 1.82) is 0 Å². The van der Waals surface area contributed by atoms with Crippen LogP contribution >= 0.6 is 0 Å². The molecule has 1 aromatic heterocycles. The van der Waals surface area contributed by atoms with Crippen molar-refractivity contribution in [3.05, 3.63) is 35.5 Å². The van der Waals surface area contributed by atoms with Gasteiger partial charge in [0.05, 0.1) is 5.56 Å². The number of nitrogens with one attached hydrogen (secondary N) is 1. The molecule has 0 fully saturated rings. The van der Waals surface area contributed by atoms with Crippen LogP contribution in [-0.4, -0.2) is 4.98 Å². The van der Waals surface area contributed by atoms with E-state index >= 15 is 0 Å². The number of benzene rings is 1. The monoisotopic (exact) mass is 277 g/mol. The van der Waals surface area contributed by atoms with E-state index in [-0.39, 0.29) is 10.8 Å². The van der Waals surface area contributed by atoms with Crippen molar-refractivity contribution >= 4 is 10.9 Å². The van der Waals surface area contributed by atoms with Crippen molar-refractivity contribution in [3.8, 4) is 23.7 Å². The number of aromatic amines is 1. The summed E-state index contributed by atoms with van der Waals surface area (Å²) in [5, 5.41) is 1.15. The SMILES string of the molecule is CC(C)(C)C#Cc1[nH]c2ccccc2c1C#CC(C)(C)C. The lowest BCUT2D eigenvalue weighted by atomic mass is 9.96. The van der Waals surface area contributed by atoms with Gasteiger partial charge in [0.1, 0.15) is 5.69 Å². The van der Waals surface area contributed by atoms with Crippen LogP contribution in [0.5, 0.6) is 0 Å². The van der Waals surface area contributed by atoms with E-state index in [9.17, 15) is 0 Å². The van der Waals surface area contributed by atoms with E-state index in [1.54, 1.807) is 0 Å². The predicted molar refractivity (Wildman–Crippen MR) is 91.0 cm³/mol. The van der Waals surface area contributed by atoms with Crippen molar-refractivity contribution < 1.29 is 0 Å². The number of hydrogen-bond acceptors (Lipinski definition) is 0. The summed E-state index contributed by atoms with van der Waals surface area (Å²) in [6, 6.07) is 8.24. The third kappa shape index (κ3) is 4.17. The first-order valence-corrected chi connectivity index (χ1v) is 7.33. The topological polar surface area (TPSA) is 15.8 Å². The van der Waals surface area contributed by atoms with Gasteiger partial charge in [0.15, 0.2) is 0 Å². The van der Waals surface area contributed by atoms with Crippen LogP contribution in [0.15, 0.2) is 24.3 Å². The van der Waals surface area contributed by atoms with Gasteiger partial charge in [-0.1, -0.05) is 36.0 Å². The summed E-state index contributed by atoms with van der Waals surface area (Å²) >= 11 is 0. The Bertz CT molecular complexity index is 769. The largest absolute Gasteiger partial charge is 0.347 e. The van der Waals surface area contributed by atoms with Gasteiger partial charge in [0.25, 0.3) is 0 Å². The minimum absolute atomic E-state index is 0.0207. The maximum absolute atomic E-state index is 3.40. The highest BCUT2D eigenvalue weighted by Gasteiger charge is 2.10. The molecule has 0 saturated carbocycles. The molecule has 1 nitrogen and oxygen atoms in total. The van der Waals surface area contributed by atoms with Crippen LogP contribution in [0.3, 0.4) is 0 Å². The molecule has 1 N–H and O–H groups in total. The third-order valence-electron chi connectivity index (χ3n) is 2.83. The summed E-state index contributed by atoms with van der Waals surface area (Å²) < 4.78 is 0. The van der Waals surface area contributed by atoms with E-state index in [4.69, 9.17) is 0 Å². The molecule has 1 heteroatoms. The molecule has 0 amide bonds. The predicted octanol–water partition coefficient (Wildman–Crippen LogP) is 4.96. The van der Waals surface area contributed by atoms with Crippen LogP contribution in [0.25, 0.3) is 10.9 Å². The van der Waals surface area contributed by atoms with E-state index in [1.165, 1.54) is 0 Å². The Balaban J connectivity index is 2.63. The Morgan fingerprint density at radius 2 is 1.38 bits per heavy atom. The molecule has 2 aromatic rings. The van der Waals surface area contributed by atoms with E-state index in [0.717, 1.165) is 22.2 Å². The smallest absolute Gasteiger partial charge is 0.106 e. The molecule has 1 heterocycles. The maximum atomic E-state index is 3.40. The summed E-state index contributed by atoms with van der Waals surface area (Å²) in [5.74, 6) is 13.2. The van der Waals surface area contributed by atoms with E-state index in [1.807, 2.05) is 12.1 Å². The van der Waals surface area contributed by atoms with Gasteiger partial charge in [0.2, 0.25) is 0 Å². The first-order chi connectivity index (χ1) is 9.66. The number of rotatable bonds is 0. The first-order valence-electron chi connectivity index (χ1n) is 7.33. The van der Waals surface area contributed by atoms with Crippen LogP contribution < -0.4 is 0 Å². The quantitative estimate of drug-likeness (QED) is 0.655. The molecular weight excluding hydrogens is 254 g/mol. The molecule has 0 aliphatic rings. The minimum atomic E-state index is -0.0218. The maximum Gasteiger partial charge on any atom is 0.106 e. The molecule has 0 aliphatic heterocycles. The lowest BCUT2D eigenvalue weighted by Crippen LogP contribution is -2.00. The third-order valence-corrected chi connectivity index (χ3v) is 2.83. The highest BCUT2D eigenvalue weighted by Crippen LogP contribution is 2.22. The zero-order valence-electron chi connectivity index (χ0n) is 13.8. The Morgan fingerprint density at radius 3 is 2.00 bits per heavy atom. The molecule has 21 heavy (non-hydrogen) atoms. The van der Waals surface area contributed by atoms with Gasteiger partial charge >= 0.3 is 0 Å². The molecule has 0 unspecified atom stereocenters. The van der Waals surface area contributed by atoms with Gasteiger partial charge in [-0.3, -0.25) is 0 Å². The second kappa shape index (κ2) is 5.34. The van der Waals surface area contributed by atoms with Crippen LogP contribution in [-0.2, 0) is 0 Å². The summed E-state index contributed by atoms with van der Waals surface area (Å²) in [6.07, 6.45) is 0. The number of hydrogen-bond donors (Lipinski definition) is 1. The summed E-state index contributed by atoms with van der Waals surface area (Å²) in [5.41, 5.74) is 2.98. The molecule has 1 aromatic carbocycles. The zero-order valence-corrected chi connectivity index (χ0v) is 13.8. The van der Waals surface area contributed by atoms with Gasteiger partial charge in [0, 0.05) is 21.7 Å². The molecule has 2 rings (SSSR count). The normalized spacial score (nSPS) is 11.5. The standard InChI is InChI=1S/C20H23N/c1-19(2,3)13-11-16-15-9-7-8-10-17(15)21-18(16)12-14-20(4,5)6/h7-10,21H,1-6H3. The Morgan fingerprint density at radius 1 is 0.810 bits per heavy atom. The van der Waals surface area contributed by atoms with Gasteiger partial charge in [-0.05, 0) is 53.5 Å². The van der Waals surface area contributed by atoms with Crippen molar-refractivity contribution in [2.45, 2.75) is 41.5 Å². The molecule has 0 spiro atoms. The molecular formula is C20H23N. The van der Waals surface area contributed by atoms with Gasteiger partial charge < -0.3 is 4.98 Å². The number of aromatic nitrogens is 1. The highest BCUT2D eigenvalue weighted by molar-refractivity contribution is 5.89. The van der Waals surface area contributed by atoms with Crippen molar-refractivity contribution in [3.63, 3.8) is 0 Å². The number of H-pyrrole nitrogens is 1. The average Bonchev–Trinajstić information content (AvgIpc) is 2.70. The highest BCUT2D eigenvalue weighted by atomic mass is 14.7. The minimum Gasteiger partial charge on any atom is -0.347 e. The Kier molecular flexibility index (Phi) is 3.89. The van der Waals surface area contributed by atoms with Gasteiger partial charge in [-0.2, -0.15) is 0 Å². The van der Waals surface area contributed by atoms with E-state index in [0.29, 0.717) is 0 Å². The fraction of sp³-hybridized carbons (Fsp3) is 0.400. The summed E-state index contributed by atoms with van der Waals surface area (Å²) in [4.78, 5) is 3.40. The lowest BCUT2D eigenvalue weighted by Gasteiger charge is -2.07. The fourth-order valence-corrected chi connectivity index (χ4v) is 1.87. The molecule has 108 valence electrons. The van der Waals surface area contributed by atoms with Crippen LogP contribution in [0, 0.1) is 34.5 Å². The van der Waals surface area contributed by atoms with Crippen LogP contribution in [0.4, 0.5) is 0 Å². The van der Waals surface area contributed by atoms with Gasteiger partial charge in [-0.15, -0.1) is 0 Å². The van der Waals surface area contributed by atoms with Crippen LogP contribution in [0.1, 0.15) is 52.8 Å². The summed E-state index contributed by atoms with van der Waals surface area (Å²) in [7, 11) is 0. The first kappa shape index (κ1) is 15.3. The molecule has 0 atom stereocenters. The van der Waals surface area contributed by atoms with E-state index < -0.39 is 0 Å². The average molecular weight is 277 g/mol. The fourth-order valence-electron chi connectivity index (χ4n) is 1.87. The lowest BCUT2D eigenvalue weighted by molar-refractivity contribution is 0.570. The zero-order chi connectivity index (χ0) is 15.7. The molecule has 0 saturated heterocycles. The second-order valence-corrected chi connectivity index (χ2v) is 7.42. The number of fused-ring (bicyclic) bond motifs is 1. The number of para-hydroxylation sites is 1. The molecule has 0 aliphatic carbocycles. The molecule has 0 bridgehead atoms.